The summed E-state index contributed by atoms with van der Waals surface area (Å²) in [4.78, 5) is 40.8. The Morgan fingerprint density at radius 2 is 2.06 bits per heavy atom. The van der Waals surface area contributed by atoms with E-state index in [9.17, 15) is 9.59 Å². The van der Waals surface area contributed by atoms with Crippen molar-refractivity contribution < 1.29 is 9.53 Å². The number of rotatable bonds is 6. The van der Waals surface area contributed by atoms with Crippen molar-refractivity contribution in [3.05, 3.63) is 63.8 Å². The molecule has 178 valence electrons. The fourth-order valence-corrected chi connectivity index (χ4v) is 4.79. The number of ether oxygens (including phenoxy) is 1. The maximum Gasteiger partial charge on any atom is 0.269 e. The minimum atomic E-state index is -0.183. The van der Waals surface area contributed by atoms with Gasteiger partial charge >= 0.3 is 0 Å². The molecule has 2 N–H and O–H groups in total. The highest BCUT2D eigenvalue weighted by atomic mass is 16.5. The van der Waals surface area contributed by atoms with E-state index < -0.39 is 0 Å². The summed E-state index contributed by atoms with van der Waals surface area (Å²) in [5.41, 5.74) is 4.85. The number of hydrogen-bond donors (Lipinski definition) is 2. The summed E-state index contributed by atoms with van der Waals surface area (Å²) in [6.07, 6.45) is 4.39. The summed E-state index contributed by atoms with van der Waals surface area (Å²) in [5, 5.41) is 2.61. The van der Waals surface area contributed by atoms with Crippen LogP contribution in [0.1, 0.15) is 28.5 Å². The highest BCUT2D eigenvalue weighted by Crippen LogP contribution is 2.28. The molecule has 1 atom stereocenters. The maximum atomic E-state index is 12.3. The van der Waals surface area contributed by atoms with E-state index in [1.807, 2.05) is 31.3 Å². The summed E-state index contributed by atoms with van der Waals surface area (Å²) >= 11 is 0. The molecule has 0 aromatic carbocycles. The molecular formula is C25H30N6O3. The lowest BCUT2D eigenvalue weighted by atomic mass is 9.93. The summed E-state index contributed by atoms with van der Waals surface area (Å²) in [7, 11) is 1.60. The van der Waals surface area contributed by atoms with E-state index in [-0.39, 0.29) is 11.5 Å². The average Bonchev–Trinajstić information content (AvgIpc) is 2.83. The van der Waals surface area contributed by atoms with Gasteiger partial charge in [-0.05, 0) is 36.2 Å². The van der Waals surface area contributed by atoms with Crippen LogP contribution in [0, 0.1) is 5.92 Å². The number of hydrogen-bond acceptors (Lipinski definition) is 7. The average molecular weight is 463 g/mol. The van der Waals surface area contributed by atoms with Gasteiger partial charge in [-0.25, -0.2) is 4.98 Å². The van der Waals surface area contributed by atoms with Crippen molar-refractivity contribution in [3.8, 4) is 0 Å². The largest absolute Gasteiger partial charge is 0.381 e. The van der Waals surface area contributed by atoms with Crippen molar-refractivity contribution in [3.63, 3.8) is 0 Å². The van der Waals surface area contributed by atoms with E-state index in [2.05, 4.69) is 30.1 Å². The Kier molecular flexibility index (Phi) is 6.30. The molecule has 0 spiro atoms. The number of aryl methyl sites for hydroxylation is 1. The quantitative estimate of drug-likeness (QED) is 0.573. The fourth-order valence-electron chi connectivity index (χ4n) is 4.79. The van der Waals surface area contributed by atoms with Gasteiger partial charge in [0.1, 0.15) is 5.69 Å². The smallest absolute Gasteiger partial charge is 0.269 e. The van der Waals surface area contributed by atoms with Crippen molar-refractivity contribution in [2.45, 2.75) is 25.9 Å². The van der Waals surface area contributed by atoms with Crippen LogP contribution in [0.4, 0.5) is 5.69 Å². The zero-order valence-corrected chi connectivity index (χ0v) is 19.6. The second-order valence-electron chi connectivity index (χ2n) is 9.02. The van der Waals surface area contributed by atoms with Crippen LogP contribution in [-0.2, 0) is 17.7 Å². The maximum absolute atomic E-state index is 12.3. The lowest BCUT2D eigenvalue weighted by Gasteiger charge is -2.47. The molecule has 34 heavy (non-hydrogen) atoms. The van der Waals surface area contributed by atoms with Gasteiger partial charge in [-0.15, -0.1) is 0 Å². The topological polar surface area (TPSA) is 103 Å². The molecule has 2 aliphatic heterocycles. The van der Waals surface area contributed by atoms with Gasteiger partial charge < -0.3 is 19.9 Å². The Balaban J connectivity index is 1.33. The Morgan fingerprint density at radius 3 is 2.74 bits per heavy atom. The number of aromatic nitrogens is 3. The van der Waals surface area contributed by atoms with Crippen molar-refractivity contribution in [2.24, 2.45) is 5.92 Å². The van der Waals surface area contributed by atoms with Gasteiger partial charge in [0, 0.05) is 56.9 Å². The van der Waals surface area contributed by atoms with Crippen LogP contribution >= 0.6 is 0 Å². The first-order valence-corrected chi connectivity index (χ1v) is 11.8. The van der Waals surface area contributed by atoms with Crippen molar-refractivity contribution >= 4 is 22.6 Å². The number of nitrogens with one attached hydrogen (secondary N) is 2. The molecule has 9 heteroatoms. The summed E-state index contributed by atoms with van der Waals surface area (Å²) in [5.74, 6) is 0.290. The molecule has 1 amide bonds. The first-order chi connectivity index (χ1) is 16.6. The predicted octanol–water partition coefficient (Wildman–Crippen LogP) is 1.58. The SMILES string of the molecule is CCc1cc2ncc(CN3CCN(c4ccc(C(=O)NC)nc4)C[C@@H]3C3COC3)cc2[nH]c1=O. The Bertz CT molecular complexity index is 1240. The lowest BCUT2D eigenvalue weighted by Crippen LogP contribution is -2.59. The number of nitrogens with zero attached hydrogens (tertiary/aromatic N) is 4. The van der Waals surface area contributed by atoms with Crippen LogP contribution in [0.25, 0.3) is 11.0 Å². The number of piperazine rings is 1. The van der Waals surface area contributed by atoms with Crippen LogP contribution in [0.3, 0.4) is 0 Å². The lowest BCUT2D eigenvalue weighted by molar-refractivity contribution is -0.0779. The van der Waals surface area contributed by atoms with Crippen LogP contribution in [0.5, 0.6) is 0 Å². The number of carbonyl (C=O) groups is 1. The minimum Gasteiger partial charge on any atom is -0.381 e. The summed E-state index contributed by atoms with van der Waals surface area (Å²) in [6, 6.07) is 8.00. The van der Waals surface area contributed by atoms with Gasteiger partial charge in [-0.2, -0.15) is 0 Å². The minimum absolute atomic E-state index is 0.0388. The molecule has 3 aromatic heterocycles. The first kappa shape index (κ1) is 22.5. The number of carbonyl (C=O) groups excluding carboxylic acids is 1. The van der Waals surface area contributed by atoms with E-state index in [0.29, 0.717) is 24.1 Å². The number of pyridine rings is 3. The molecule has 5 rings (SSSR count). The number of aromatic amines is 1. The van der Waals surface area contributed by atoms with E-state index >= 15 is 0 Å². The zero-order valence-electron chi connectivity index (χ0n) is 19.6. The highest BCUT2D eigenvalue weighted by molar-refractivity contribution is 5.92. The molecular weight excluding hydrogens is 432 g/mol. The van der Waals surface area contributed by atoms with E-state index in [0.717, 1.165) is 67.2 Å². The van der Waals surface area contributed by atoms with Gasteiger partial charge in [-0.1, -0.05) is 6.92 Å². The Morgan fingerprint density at radius 1 is 1.21 bits per heavy atom. The highest BCUT2D eigenvalue weighted by Gasteiger charge is 2.37. The van der Waals surface area contributed by atoms with Gasteiger partial charge in [0.2, 0.25) is 0 Å². The molecule has 9 nitrogen and oxygen atoms in total. The van der Waals surface area contributed by atoms with Crippen LogP contribution in [-0.4, -0.2) is 71.7 Å². The molecule has 0 aliphatic carbocycles. The fraction of sp³-hybridized carbons (Fsp3) is 0.440. The van der Waals surface area contributed by atoms with Gasteiger partial charge in [0.25, 0.3) is 11.5 Å². The third-order valence-electron chi connectivity index (χ3n) is 6.91. The first-order valence-electron chi connectivity index (χ1n) is 11.8. The van der Waals surface area contributed by atoms with Crippen molar-refractivity contribution in [2.75, 3.05) is 44.8 Å². The standard InChI is InChI=1S/C25H30N6O3/c1-3-17-9-21-22(29-24(17)32)8-16(10-27-21)12-31-7-6-30(13-23(31)18-14-34-15-18)19-4-5-20(28-11-19)25(33)26-2/h4-5,8-11,18,23H,3,6-7,12-15H2,1-2H3,(H,26,33)(H,29,32)/t23-/m1/s1. The number of H-pyrrole nitrogens is 1. The number of fused-ring (bicyclic) bond motifs is 1. The molecule has 0 bridgehead atoms. The Labute approximate surface area is 198 Å². The van der Waals surface area contributed by atoms with Crippen LogP contribution in [0.2, 0.25) is 0 Å². The third kappa shape index (κ3) is 4.41. The molecule has 2 saturated heterocycles. The van der Waals surface area contributed by atoms with E-state index in [4.69, 9.17) is 4.74 Å². The van der Waals surface area contributed by atoms with E-state index in [1.165, 1.54) is 0 Å². The van der Waals surface area contributed by atoms with Crippen molar-refractivity contribution in [1.82, 2.24) is 25.2 Å². The molecule has 2 fully saturated rings. The number of anilines is 1. The third-order valence-corrected chi connectivity index (χ3v) is 6.91. The molecule has 0 radical (unpaired) electrons. The van der Waals surface area contributed by atoms with Gasteiger partial charge in [0.05, 0.1) is 36.1 Å². The second-order valence-corrected chi connectivity index (χ2v) is 9.02. The molecule has 5 heterocycles. The molecule has 2 aliphatic rings. The van der Waals surface area contributed by atoms with Gasteiger partial charge in [-0.3, -0.25) is 19.5 Å². The normalized spacial score (nSPS) is 19.2. The molecule has 0 saturated carbocycles. The van der Waals surface area contributed by atoms with Crippen molar-refractivity contribution in [1.29, 1.82) is 0 Å². The van der Waals surface area contributed by atoms with E-state index in [1.54, 1.807) is 19.3 Å². The second kappa shape index (κ2) is 9.52. The Hall–Kier alpha value is -3.30. The molecule has 0 unspecified atom stereocenters. The van der Waals surface area contributed by atoms with Crippen LogP contribution < -0.4 is 15.8 Å². The number of amides is 1. The molecule has 3 aromatic rings. The summed E-state index contributed by atoms with van der Waals surface area (Å²) in [6.45, 7) is 6.90. The van der Waals surface area contributed by atoms with Crippen LogP contribution in [0.15, 0.2) is 41.5 Å². The zero-order chi connectivity index (χ0) is 23.7. The van der Waals surface area contributed by atoms with Gasteiger partial charge in [0.15, 0.2) is 0 Å². The monoisotopic (exact) mass is 462 g/mol. The summed E-state index contributed by atoms with van der Waals surface area (Å²) < 4.78 is 5.52. The predicted molar refractivity (Wildman–Crippen MR) is 130 cm³/mol.